The molecule has 0 saturated heterocycles. The molecule has 118 valence electrons. The van der Waals surface area contributed by atoms with E-state index in [2.05, 4.69) is 86.6 Å². The average Bonchev–Trinajstić information content (AvgIpc) is 2.59. The molecule has 0 spiro atoms. The van der Waals surface area contributed by atoms with Crippen LogP contribution in [-0.4, -0.2) is 35.8 Å². The first-order valence-electron chi connectivity index (χ1n) is 7.89. The first-order chi connectivity index (χ1) is 11.1. The molecular weight excluding hydrogens is 300 g/mol. The van der Waals surface area contributed by atoms with E-state index in [0.29, 0.717) is 6.04 Å². The Hall–Kier alpha value is -1.84. The molecule has 0 radical (unpaired) electrons. The second-order valence-corrected chi connectivity index (χ2v) is 7.03. The van der Waals surface area contributed by atoms with Crippen LogP contribution in [0.25, 0.3) is 22.0 Å². The summed E-state index contributed by atoms with van der Waals surface area (Å²) in [6.45, 7) is 2.25. The number of pyridine rings is 1. The lowest BCUT2D eigenvalue weighted by Gasteiger charge is -2.19. The number of fused-ring (bicyclic) bond motifs is 1. The highest BCUT2D eigenvalue weighted by molar-refractivity contribution is 7.99. The van der Waals surface area contributed by atoms with Gasteiger partial charge in [-0.05, 0) is 38.7 Å². The van der Waals surface area contributed by atoms with E-state index in [9.17, 15) is 0 Å². The van der Waals surface area contributed by atoms with Crippen molar-refractivity contribution in [2.45, 2.75) is 18.0 Å². The lowest BCUT2D eigenvalue weighted by Crippen LogP contribution is -2.26. The van der Waals surface area contributed by atoms with Crippen molar-refractivity contribution >= 4 is 22.7 Å². The van der Waals surface area contributed by atoms with Crippen LogP contribution in [0.4, 0.5) is 0 Å². The third-order valence-corrected chi connectivity index (χ3v) is 5.35. The van der Waals surface area contributed by atoms with Crippen molar-refractivity contribution in [1.29, 1.82) is 0 Å². The number of hydrogen-bond donors (Lipinski definition) is 0. The molecule has 3 heteroatoms. The van der Waals surface area contributed by atoms with Crippen LogP contribution in [0.5, 0.6) is 0 Å². The van der Waals surface area contributed by atoms with E-state index in [1.165, 1.54) is 16.5 Å². The van der Waals surface area contributed by atoms with Crippen LogP contribution in [0.15, 0.2) is 65.7 Å². The van der Waals surface area contributed by atoms with Gasteiger partial charge in [0, 0.05) is 22.7 Å². The molecule has 3 rings (SSSR count). The van der Waals surface area contributed by atoms with Crippen molar-refractivity contribution in [2.24, 2.45) is 0 Å². The number of nitrogens with zero attached hydrogens (tertiary/aromatic N) is 2. The molecule has 1 atom stereocenters. The first-order valence-corrected chi connectivity index (χ1v) is 8.88. The lowest BCUT2D eigenvalue weighted by atomic mass is 10.1. The number of thioether (sulfide) groups is 1. The Morgan fingerprint density at radius 2 is 1.70 bits per heavy atom. The van der Waals surface area contributed by atoms with E-state index in [-0.39, 0.29) is 0 Å². The summed E-state index contributed by atoms with van der Waals surface area (Å²) in [6, 6.07) is 21.7. The summed E-state index contributed by atoms with van der Waals surface area (Å²) < 4.78 is 0. The number of rotatable bonds is 5. The minimum atomic E-state index is 0.511. The molecule has 1 aromatic heterocycles. The van der Waals surface area contributed by atoms with Gasteiger partial charge in [-0.15, -0.1) is 11.8 Å². The first kappa shape index (κ1) is 16.0. The van der Waals surface area contributed by atoms with E-state index < -0.39 is 0 Å². The van der Waals surface area contributed by atoms with Gasteiger partial charge < -0.3 is 4.90 Å². The van der Waals surface area contributed by atoms with Crippen LogP contribution in [0.1, 0.15) is 6.92 Å². The Balaban J connectivity index is 2.03. The van der Waals surface area contributed by atoms with Crippen LogP contribution < -0.4 is 0 Å². The van der Waals surface area contributed by atoms with Crippen molar-refractivity contribution in [1.82, 2.24) is 9.88 Å². The largest absolute Gasteiger partial charge is 0.306 e. The van der Waals surface area contributed by atoms with Crippen LogP contribution in [-0.2, 0) is 0 Å². The van der Waals surface area contributed by atoms with Gasteiger partial charge in [-0.3, -0.25) is 0 Å². The number of aromatic nitrogens is 1. The molecule has 2 nitrogen and oxygen atoms in total. The molecule has 2 aromatic carbocycles. The SMILES string of the molecule is C[C@@H](CSc1nc2ccccc2cc1-c1ccccc1)N(C)C. The molecule has 0 fully saturated rings. The highest BCUT2D eigenvalue weighted by Gasteiger charge is 2.12. The van der Waals surface area contributed by atoms with Crippen LogP contribution >= 0.6 is 11.8 Å². The Bertz CT molecular complexity index is 784. The Morgan fingerprint density at radius 3 is 2.43 bits per heavy atom. The van der Waals surface area contributed by atoms with Crippen LogP contribution in [0.2, 0.25) is 0 Å². The molecule has 0 unspecified atom stereocenters. The van der Waals surface area contributed by atoms with Gasteiger partial charge in [-0.25, -0.2) is 4.98 Å². The second-order valence-electron chi connectivity index (χ2n) is 6.02. The van der Waals surface area contributed by atoms with Crippen molar-refractivity contribution in [3.8, 4) is 11.1 Å². The summed E-state index contributed by atoms with van der Waals surface area (Å²) in [6.07, 6.45) is 0. The van der Waals surface area contributed by atoms with Gasteiger partial charge in [-0.2, -0.15) is 0 Å². The summed E-state index contributed by atoms with van der Waals surface area (Å²) in [5, 5.41) is 2.31. The van der Waals surface area contributed by atoms with Gasteiger partial charge in [0.15, 0.2) is 0 Å². The summed E-state index contributed by atoms with van der Waals surface area (Å²) in [5.41, 5.74) is 3.51. The topological polar surface area (TPSA) is 16.1 Å². The fourth-order valence-electron chi connectivity index (χ4n) is 2.38. The van der Waals surface area contributed by atoms with Gasteiger partial charge >= 0.3 is 0 Å². The number of benzene rings is 2. The fraction of sp³-hybridized carbons (Fsp3) is 0.250. The molecule has 0 bridgehead atoms. The highest BCUT2D eigenvalue weighted by atomic mass is 32.2. The third kappa shape index (κ3) is 3.74. The van der Waals surface area contributed by atoms with Gasteiger partial charge in [0.1, 0.15) is 5.03 Å². The number of hydrogen-bond acceptors (Lipinski definition) is 3. The van der Waals surface area contributed by atoms with Gasteiger partial charge in [-0.1, -0.05) is 48.5 Å². The molecule has 0 aliphatic heterocycles. The van der Waals surface area contributed by atoms with E-state index in [4.69, 9.17) is 4.98 Å². The molecule has 0 saturated carbocycles. The average molecular weight is 322 g/mol. The predicted molar refractivity (Wildman–Crippen MR) is 101 cm³/mol. The second kappa shape index (κ2) is 7.16. The Kier molecular flexibility index (Phi) is 4.99. The summed E-state index contributed by atoms with van der Waals surface area (Å²) >= 11 is 1.84. The lowest BCUT2D eigenvalue weighted by molar-refractivity contribution is 0.340. The zero-order valence-electron chi connectivity index (χ0n) is 13.9. The van der Waals surface area contributed by atoms with Crippen LogP contribution in [0.3, 0.4) is 0 Å². The monoisotopic (exact) mass is 322 g/mol. The Labute approximate surface area is 142 Å². The quantitative estimate of drug-likeness (QED) is 0.619. The van der Waals surface area contributed by atoms with E-state index >= 15 is 0 Å². The van der Waals surface area contributed by atoms with Crippen molar-refractivity contribution in [2.75, 3.05) is 19.8 Å². The molecule has 0 N–H and O–H groups in total. The van der Waals surface area contributed by atoms with Crippen molar-refractivity contribution in [3.05, 3.63) is 60.7 Å². The maximum Gasteiger partial charge on any atom is 0.105 e. The minimum absolute atomic E-state index is 0.511. The molecule has 0 aliphatic rings. The van der Waals surface area contributed by atoms with E-state index in [1.807, 2.05) is 11.8 Å². The standard InChI is InChI=1S/C20H22N2S/c1-15(22(2)3)14-23-20-18(16-9-5-4-6-10-16)13-17-11-7-8-12-19(17)21-20/h4-13,15H,14H2,1-3H3/t15-/m0/s1. The van der Waals surface area contributed by atoms with E-state index in [0.717, 1.165) is 16.3 Å². The third-order valence-electron chi connectivity index (χ3n) is 4.12. The molecule has 0 amide bonds. The minimum Gasteiger partial charge on any atom is -0.306 e. The van der Waals surface area contributed by atoms with Crippen molar-refractivity contribution < 1.29 is 0 Å². The summed E-state index contributed by atoms with van der Waals surface area (Å²) in [4.78, 5) is 7.17. The molecule has 0 aliphatic carbocycles. The van der Waals surface area contributed by atoms with Gasteiger partial charge in [0.05, 0.1) is 5.52 Å². The van der Waals surface area contributed by atoms with Gasteiger partial charge in [0.2, 0.25) is 0 Å². The highest BCUT2D eigenvalue weighted by Crippen LogP contribution is 2.33. The normalized spacial score (nSPS) is 12.7. The molecule has 23 heavy (non-hydrogen) atoms. The summed E-state index contributed by atoms with van der Waals surface area (Å²) in [7, 11) is 4.24. The maximum absolute atomic E-state index is 4.93. The fourth-order valence-corrected chi connectivity index (χ4v) is 3.57. The number of para-hydroxylation sites is 1. The Morgan fingerprint density at radius 1 is 1.00 bits per heavy atom. The maximum atomic E-state index is 4.93. The van der Waals surface area contributed by atoms with Crippen LogP contribution in [0, 0.1) is 0 Å². The van der Waals surface area contributed by atoms with E-state index in [1.54, 1.807) is 0 Å². The van der Waals surface area contributed by atoms with Crippen molar-refractivity contribution in [3.63, 3.8) is 0 Å². The summed E-state index contributed by atoms with van der Waals surface area (Å²) in [5.74, 6) is 1.03. The molecule has 1 heterocycles. The predicted octanol–water partition coefficient (Wildman–Crippen LogP) is 4.94. The molecule has 3 aromatic rings. The smallest absolute Gasteiger partial charge is 0.105 e. The zero-order chi connectivity index (χ0) is 16.2. The van der Waals surface area contributed by atoms with Gasteiger partial charge in [0.25, 0.3) is 0 Å². The zero-order valence-corrected chi connectivity index (χ0v) is 14.7. The molecular formula is C20H22N2S.